The molecule has 0 aromatic carbocycles. The summed E-state index contributed by atoms with van der Waals surface area (Å²) in [5, 5.41) is 0. The van der Waals surface area contributed by atoms with Crippen molar-refractivity contribution in [1.82, 2.24) is 19.9 Å². The number of nitrogens with zero attached hydrogens (tertiary/aromatic N) is 3. The van der Waals surface area contributed by atoms with Crippen molar-refractivity contribution in [2.75, 3.05) is 0 Å². The fraction of sp³-hybridized carbons (Fsp3) is 0. The van der Waals surface area contributed by atoms with E-state index in [0.717, 1.165) is 16.1 Å². The number of rotatable bonds is 1. The minimum atomic E-state index is 0.720. The van der Waals surface area contributed by atoms with Crippen LogP contribution in [0.25, 0.3) is 11.5 Å². The standard InChI is InChI=1S/C7H5BrN4/c8-6-4-11-5(3-12-6)7-9-1-2-10-7/h1-4H,(H,9,10). The number of H-pyrrole nitrogens is 1. The highest BCUT2D eigenvalue weighted by atomic mass is 79.9. The monoisotopic (exact) mass is 224 g/mol. The molecule has 0 atom stereocenters. The number of nitrogens with one attached hydrogen (secondary N) is 1. The van der Waals surface area contributed by atoms with Crippen LogP contribution in [0.3, 0.4) is 0 Å². The fourth-order valence-electron chi connectivity index (χ4n) is 0.840. The summed E-state index contributed by atoms with van der Waals surface area (Å²) < 4.78 is 0.720. The minimum Gasteiger partial charge on any atom is -0.343 e. The van der Waals surface area contributed by atoms with Gasteiger partial charge in [-0.05, 0) is 15.9 Å². The molecule has 0 fully saturated rings. The van der Waals surface area contributed by atoms with Crippen molar-refractivity contribution in [3.63, 3.8) is 0 Å². The van der Waals surface area contributed by atoms with E-state index in [9.17, 15) is 0 Å². The Morgan fingerprint density at radius 3 is 2.67 bits per heavy atom. The molecule has 0 bridgehead atoms. The topological polar surface area (TPSA) is 54.5 Å². The van der Waals surface area contributed by atoms with Crippen LogP contribution in [-0.2, 0) is 0 Å². The van der Waals surface area contributed by atoms with Crippen molar-refractivity contribution in [1.29, 1.82) is 0 Å². The van der Waals surface area contributed by atoms with Crippen LogP contribution in [0.4, 0.5) is 0 Å². The van der Waals surface area contributed by atoms with Crippen molar-refractivity contribution < 1.29 is 0 Å². The van der Waals surface area contributed by atoms with E-state index in [1.807, 2.05) is 0 Å². The number of hydrogen-bond donors (Lipinski definition) is 1. The summed E-state index contributed by atoms with van der Waals surface area (Å²) >= 11 is 3.20. The van der Waals surface area contributed by atoms with Crippen molar-refractivity contribution in [2.24, 2.45) is 0 Å². The van der Waals surface area contributed by atoms with E-state index < -0.39 is 0 Å². The minimum absolute atomic E-state index is 0.720. The van der Waals surface area contributed by atoms with Gasteiger partial charge in [0.1, 0.15) is 10.3 Å². The average Bonchev–Trinajstić information content (AvgIpc) is 2.58. The SMILES string of the molecule is Brc1cnc(-c2ncc[nH]2)cn1. The van der Waals surface area contributed by atoms with Crippen LogP contribution in [0.2, 0.25) is 0 Å². The lowest BCUT2D eigenvalue weighted by Gasteiger charge is -1.93. The molecule has 1 N–H and O–H groups in total. The molecular weight excluding hydrogens is 220 g/mol. The van der Waals surface area contributed by atoms with Crippen molar-refractivity contribution in [3.8, 4) is 11.5 Å². The molecule has 0 amide bonds. The molecule has 0 spiro atoms. The lowest BCUT2D eigenvalue weighted by atomic mass is 10.4. The van der Waals surface area contributed by atoms with Gasteiger partial charge in [-0.15, -0.1) is 0 Å². The van der Waals surface area contributed by atoms with Gasteiger partial charge in [-0.2, -0.15) is 0 Å². The molecule has 2 aromatic rings. The molecule has 60 valence electrons. The molecule has 0 aliphatic rings. The Bertz CT molecular complexity index is 353. The highest BCUT2D eigenvalue weighted by Gasteiger charge is 2.00. The molecule has 0 unspecified atom stereocenters. The van der Waals surface area contributed by atoms with Crippen molar-refractivity contribution in [2.45, 2.75) is 0 Å². The van der Waals surface area contributed by atoms with E-state index >= 15 is 0 Å². The molecule has 2 heterocycles. The summed E-state index contributed by atoms with van der Waals surface area (Å²) in [4.78, 5) is 15.1. The number of aromatic amines is 1. The Balaban J connectivity index is 2.43. The molecule has 0 radical (unpaired) electrons. The Morgan fingerprint density at radius 2 is 2.08 bits per heavy atom. The van der Waals surface area contributed by atoms with Crippen LogP contribution in [0, 0.1) is 0 Å². The zero-order valence-electron chi connectivity index (χ0n) is 6.03. The first kappa shape index (κ1) is 7.42. The molecule has 0 aliphatic heterocycles. The summed E-state index contributed by atoms with van der Waals surface area (Å²) in [7, 11) is 0. The molecule has 5 heteroatoms. The summed E-state index contributed by atoms with van der Waals surface area (Å²) in [5.41, 5.74) is 0.739. The molecular formula is C7H5BrN4. The molecule has 0 saturated carbocycles. The zero-order chi connectivity index (χ0) is 8.39. The van der Waals surface area contributed by atoms with E-state index in [0.29, 0.717) is 0 Å². The van der Waals surface area contributed by atoms with Crippen LogP contribution in [0.1, 0.15) is 0 Å². The predicted molar refractivity (Wildman–Crippen MR) is 47.3 cm³/mol. The highest BCUT2D eigenvalue weighted by molar-refractivity contribution is 9.10. The van der Waals surface area contributed by atoms with Gasteiger partial charge in [-0.3, -0.25) is 0 Å². The lowest BCUT2D eigenvalue weighted by Crippen LogP contribution is -1.86. The Kier molecular flexibility index (Phi) is 1.87. The van der Waals surface area contributed by atoms with Gasteiger partial charge >= 0.3 is 0 Å². The van der Waals surface area contributed by atoms with E-state index in [4.69, 9.17) is 0 Å². The molecule has 12 heavy (non-hydrogen) atoms. The zero-order valence-corrected chi connectivity index (χ0v) is 7.62. The summed E-state index contributed by atoms with van der Waals surface area (Å²) in [6.07, 6.45) is 6.72. The first-order valence-electron chi connectivity index (χ1n) is 3.33. The number of hydrogen-bond acceptors (Lipinski definition) is 3. The van der Waals surface area contributed by atoms with Gasteiger partial charge < -0.3 is 4.98 Å². The Hall–Kier alpha value is -1.23. The summed E-state index contributed by atoms with van der Waals surface area (Å²) in [6.45, 7) is 0. The van der Waals surface area contributed by atoms with E-state index in [2.05, 4.69) is 35.9 Å². The summed E-state index contributed by atoms with van der Waals surface area (Å²) in [5.74, 6) is 0.731. The van der Waals surface area contributed by atoms with E-state index in [-0.39, 0.29) is 0 Å². The Labute approximate surface area is 77.2 Å². The van der Waals surface area contributed by atoms with Gasteiger partial charge in [-0.1, -0.05) is 0 Å². The maximum absolute atomic E-state index is 4.12. The second-order valence-corrected chi connectivity index (χ2v) is 2.97. The van der Waals surface area contributed by atoms with Crippen LogP contribution < -0.4 is 0 Å². The van der Waals surface area contributed by atoms with Gasteiger partial charge in [0.05, 0.1) is 12.4 Å². The number of aromatic nitrogens is 4. The molecule has 0 aliphatic carbocycles. The third-order valence-electron chi connectivity index (χ3n) is 1.36. The second-order valence-electron chi connectivity index (χ2n) is 2.16. The van der Waals surface area contributed by atoms with Gasteiger partial charge in [0, 0.05) is 12.4 Å². The maximum atomic E-state index is 4.12. The lowest BCUT2D eigenvalue weighted by molar-refractivity contribution is 1.13. The molecule has 4 nitrogen and oxygen atoms in total. The largest absolute Gasteiger partial charge is 0.343 e. The smallest absolute Gasteiger partial charge is 0.157 e. The van der Waals surface area contributed by atoms with Crippen molar-refractivity contribution >= 4 is 15.9 Å². The van der Waals surface area contributed by atoms with Crippen molar-refractivity contribution in [3.05, 3.63) is 29.4 Å². The quantitative estimate of drug-likeness (QED) is 0.802. The molecule has 2 rings (SSSR count). The van der Waals surface area contributed by atoms with E-state index in [1.54, 1.807) is 24.8 Å². The summed E-state index contributed by atoms with van der Waals surface area (Å²) in [6, 6.07) is 0. The van der Waals surface area contributed by atoms with Crippen LogP contribution in [0.15, 0.2) is 29.4 Å². The maximum Gasteiger partial charge on any atom is 0.157 e. The Morgan fingerprint density at radius 1 is 1.17 bits per heavy atom. The van der Waals surface area contributed by atoms with Crippen LogP contribution in [-0.4, -0.2) is 19.9 Å². The van der Waals surface area contributed by atoms with E-state index in [1.165, 1.54) is 0 Å². The first-order valence-corrected chi connectivity index (χ1v) is 4.13. The van der Waals surface area contributed by atoms with Gasteiger partial charge in [0.2, 0.25) is 0 Å². The predicted octanol–water partition coefficient (Wildman–Crippen LogP) is 1.63. The molecule has 0 saturated heterocycles. The average molecular weight is 225 g/mol. The van der Waals surface area contributed by atoms with Gasteiger partial charge in [0.15, 0.2) is 5.82 Å². The van der Waals surface area contributed by atoms with Crippen LogP contribution in [0.5, 0.6) is 0 Å². The molecule has 2 aromatic heterocycles. The fourth-order valence-corrected chi connectivity index (χ4v) is 1.04. The van der Waals surface area contributed by atoms with Gasteiger partial charge in [-0.25, -0.2) is 15.0 Å². The van der Waals surface area contributed by atoms with Gasteiger partial charge in [0.25, 0.3) is 0 Å². The second kappa shape index (κ2) is 3.02. The number of imidazole rings is 1. The third-order valence-corrected chi connectivity index (χ3v) is 1.77. The normalized spacial score (nSPS) is 10.1. The third kappa shape index (κ3) is 1.35. The van der Waals surface area contributed by atoms with Crippen LogP contribution >= 0.6 is 15.9 Å². The number of halogens is 1. The highest BCUT2D eigenvalue weighted by Crippen LogP contribution is 2.10. The first-order chi connectivity index (χ1) is 5.86.